The zero-order valence-corrected chi connectivity index (χ0v) is 19.8. The van der Waals surface area contributed by atoms with Gasteiger partial charge in [0.25, 0.3) is 5.91 Å². The van der Waals surface area contributed by atoms with Gasteiger partial charge in [-0.1, -0.05) is 32.1 Å². The fourth-order valence-electron chi connectivity index (χ4n) is 3.19. The number of rotatable bonds is 14. The van der Waals surface area contributed by atoms with Gasteiger partial charge in [0.1, 0.15) is 5.60 Å². The van der Waals surface area contributed by atoms with Crippen molar-refractivity contribution in [2.45, 2.75) is 82.7 Å². The van der Waals surface area contributed by atoms with E-state index in [1.54, 1.807) is 0 Å². The highest BCUT2D eigenvalue weighted by atomic mass is 32.2. The van der Waals surface area contributed by atoms with Crippen LogP contribution in [-0.4, -0.2) is 34.3 Å². The number of aliphatic hydroxyl groups is 1. The second kappa shape index (κ2) is 13.8. The molecule has 1 aromatic carbocycles. The van der Waals surface area contributed by atoms with Crippen LogP contribution in [0.15, 0.2) is 18.2 Å². The summed E-state index contributed by atoms with van der Waals surface area (Å²) < 4.78 is 75.3. The highest BCUT2D eigenvalue weighted by Gasteiger charge is 2.35. The fourth-order valence-corrected chi connectivity index (χ4v) is 4.15. The minimum Gasteiger partial charge on any atom is -0.380 e. The first kappa shape index (κ1) is 30.1. The molecule has 0 fully saturated rings. The van der Waals surface area contributed by atoms with Crippen molar-refractivity contribution in [3.63, 3.8) is 0 Å². The highest BCUT2D eigenvalue weighted by molar-refractivity contribution is 7.99. The topological polar surface area (TPSA) is 73.1 Å². The molecule has 11 heteroatoms. The summed E-state index contributed by atoms with van der Waals surface area (Å²) in [6.07, 6.45) is -4.33. The van der Waals surface area contributed by atoms with Crippen molar-refractivity contribution in [2.75, 3.05) is 16.8 Å². The first-order valence-corrected chi connectivity index (χ1v) is 12.2. The lowest BCUT2D eigenvalue weighted by molar-refractivity contribution is -0.138. The van der Waals surface area contributed by atoms with Crippen molar-refractivity contribution in [2.24, 2.45) is 0 Å². The Morgan fingerprint density at radius 3 is 2.15 bits per heavy atom. The summed E-state index contributed by atoms with van der Waals surface area (Å²) in [6, 6.07) is 4.27. The van der Waals surface area contributed by atoms with E-state index in [-0.39, 0.29) is 18.5 Å². The van der Waals surface area contributed by atoms with Crippen LogP contribution in [0.25, 0.3) is 0 Å². The predicted octanol–water partition coefficient (Wildman–Crippen LogP) is 7.07. The van der Waals surface area contributed by atoms with E-state index in [0.717, 1.165) is 43.9 Å². The van der Waals surface area contributed by atoms with E-state index in [1.165, 1.54) is 30.8 Å². The number of thioether (sulfide) groups is 1. The van der Waals surface area contributed by atoms with Crippen LogP contribution in [0.2, 0.25) is 0 Å². The van der Waals surface area contributed by atoms with Gasteiger partial charge < -0.3 is 10.4 Å². The zero-order chi connectivity index (χ0) is 25.8. The van der Waals surface area contributed by atoms with Gasteiger partial charge in [0.15, 0.2) is 0 Å². The Balaban J connectivity index is 2.27. The number of carbonyl (C=O) groups excluding carboxylic acids is 1. The Bertz CT molecular complexity index is 819. The second-order valence-corrected chi connectivity index (χ2v) is 9.53. The molecule has 0 saturated heterocycles. The van der Waals surface area contributed by atoms with Crippen molar-refractivity contribution in [3.05, 3.63) is 29.3 Å². The average Bonchev–Trinajstić information content (AvgIpc) is 2.73. The smallest absolute Gasteiger partial charge is 0.380 e. The standard InChI is InChI=1S/C23H30F6N2O2S/c1-21(33,11-6-4-2-3-5-7-13-34-14-8-12-22(24,25)26)20(32)31-18-10-9-17(16-30)19(15-18)23(27,28)29/h9-10,15,33H,2-8,11-14H2,1H3,(H,31,32). The van der Waals surface area contributed by atoms with Gasteiger partial charge in [-0.05, 0) is 55.9 Å². The van der Waals surface area contributed by atoms with Crippen LogP contribution in [0, 0.1) is 11.3 Å². The van der Waals surface area contributed by atoms with Crippen LogP contribution >= 0.6 is 11.8 Å². The summed E-state index contributed by atoms with van der Waals surface area (Å²) >= 11 is 1.52. The van der Waals surface area contributed by atoms with Gasteiger partial charge in [-0.15, -0.1) is 0 Å². The molecular formula is C23H30F6N2O2S. The van der Waals surface area contributed by atoms with Crippen molar-refractivity contribution in [1.82, 2.24) is 0 Å². The fraction of sp³-hybridized carbons (Fsp3) is 0.652. The van der Waals surface area contributed by atoms with Crippen molar-refractivity contribution >= 4 is 23.4 Å². The molecule has 192 valence electrons. The lowest BCUT2D eigenvalue weighted by Crippen LogP contribution is -2.40. The van der Waals surface area contributed by atoms with E-state index >= 15 is 0 Å². The summed E-state index contributed by atoms with van der Waals surface area (Å²) in [7, 11) is 0. The molecule has 1 atom stereocenters. The lowest BCUT2D eigenvalue weighted by Gasteiger charge is -2.22. The molecule has 0 aromatic heterocycles. The van der Waals surface area contributed by atoms with Crippen molar-refractivity contribution in [1.29, 1.82) is 5.26 Å². The number of alkyl halides is 6. The SMILES string of the molecule is CC(O)(CCCCCCCCSCCCC(F)(F)F)C(=O)Nc1ccc(C#N)c(C(F)(F)F)c1. The van der Waals surface area contributed by atoms with Crippen LogP contribution in [0.4, 0.5) is 32.0 Å². The molecule has 1 rings (SSSR count). The monoisotopic (exact) mass is 512 g/mol. The van der Waals surface area contributed by atoms with E-state index in [9.17, 15) is 36.2 Å². The predicted molar refractivity (Wildman–Crippen MR) is 120 cm³/mol. The Hall–Kier alpha value is -1.93. The maximum Gasteiger partial charge on any atom is 0.417 e. The number of anilines is 1. The number of nitrogens with zero attached hydrogens (tertiary/aromatic N) is 1. The summed E-state index contributed by atoms with van der Waals surface area (Å²) in [5.74, 6) is 0.488. The molecule has 1 aromatic rings. The number of hydrogen-bond donors (Lipinski definition) is 2. The Morgan fingerprint density at radius 2 is 1.56 bits per heavy atom. The van der Waals surface area contributed by atoms with Crippen LogP contribution in [0.3, 0.4) is 0 Å². The van der Waals surface area contributed by atoms with Gasteiger partial charge in [-0.3, -0.25) is 4.79 Å². The van der Waals surface area contributed by atoms with Crippen LogP contribution < -0.4 is 5.32 Å². The number of amides is 1. The molecule has 0 bridgehead atoms. The molecule has 0 heterocycles. The van der Waals surface area contributed by atoms with Gasteiger partial charge in [0, 0.05) is 12.1 Å². The van der Waals surface area contributed by atoms with Crippen LogP contribution in [0.1, 0.15) is 75.8 Å². The molecule has 0 aliphatic carbocycles. The number of carbonyl (C=O) groups is 1. The van der Waals surface area contributed by atoms with Crippen LogP contribution in [-0.2, 0) is 11.0 Å². The minimum absolute atomic E-state index is 0.135. The molecule has 1 unspecified atom stereocenters. The molecular weight excluding hydrogens is 482 g/mol. The average molecular weight is 513 g/mol. The first-order chi connectivity index (χ1) is 15.8. The molecule has 0 aliphatic rings. The van der Waals surface area contributed by atoms with Gasteiger partial charge >= 0.3 is 12.4 Å². The van der Waals surface area contributed by atoms with Gasteiger partial charge in [0.2, 0.25) is 0 Å². The quantitative estimate of drug-likeness (QED) is 0.207. The van der Waals surface area contributed by atoms with Crippen molar-refractivity contribution < 1.29 is 36.2 Å². The van der Waals surface area contributed by atoms with Crippen molar-refractivity contribution in [3.8, 4) is 6.07 Å². The zero-order valence-electron chi connectivity index (χ0n) is 19.0. The molecule has 4 nitrogen and oxygen atoms in total. The third-order valence-corrected chi connectivity index (χ3v) is 6.30. The Morgan fingerprint density at radius 1 is 0.971 bits per heavy atom. The lowest BCUT2D eigenvalue weighted by atomic mass is 9.96. The second-order valence-electron chi connectivity index (χ2n) is 8.30. The van der Waals surface area contributed by atoms with Gasteiger partial charge in [0.05, 0.1) is 17.2 Å². The number of unbranched alkanes of at least 4 members (excludes halogenated alkanes) is 5. The summed E-state index contributed by atoms with van der Waals surface area (Å²) in [6.45, 7) is 1.30. The Kier molecular flexibility index (Phi) is 12.2. The molecule has 2 N–H and O–H groups in total. The van der Waals surface area contributed by atoms with E-state index in [1.807, 2.05) is 0 Å². The third-order valence-electron chi connectivity index (χ3n) is 5.14. The summed E-state index contributed by atoms with van der Waals surface area (Å²) in [4.78, 5) is 12.3. The Labute approximate surface area is 200 Å². The maximum absolute atomic E-state index is 13.1. The van der Waals surface area contributed by atoms with E-state index in [2.05, 4.69) is 5.32 Å². The largest absolute Gasteiger partial charge is 0.417 e. The molecule has 0 aliphatic heterocycles. The summed E-state index contributed by atoms with van der Waals surface area (Å²) in [5.41, 5.74) is -3.64. The number of hydrogen-bond acceptors (Lipinski definition) is 4. The normalized spacial score (nSPS) is 13.9. The first-order valence-electron chi connectivity index (χ1n) is 11.1. The molecule has 34 heavy (non-hydrogen) atoms. The number of halogens is 6. The third kappa shape index (κ3) is 12.0. The van der Waals surface area contributed by atoms with E-state index < -0.39 is 41.4 Å². The van der Waals surface area contributed by atoms with E-state index in [0.29, 0.717) is 18.2 Å². The molecule has 0 spiro atoms. The number of nitriles is 1. The number of nitrogens with one attached hydrogen (secondary N) is 1. The molecule has 0 radical (unpaired) electrons. The summed E-state index contributed by atoms with van der Waals surface area (Å²) in [5, 5.41) is 21.5. The molecule has 0 saturated carbocycles. The highest BCUT2D eigenvalue weighted by Crippen LogP contribution is 2.34. The van der Waals surface area contributed by atoms with Gasteiger partial charge in [-0.2, -0.15) is 43.4 Å². The van der Waals surface area contributed by atoms with E-state index in [4.69, 9.17) is 5.26 Å². The van der Waals surface area contributed by atoms with Crippen LogP contribution in [0.5, 0.6) is 0 Å². The maximum atomic E-state index is 13.1. The number of benzene rings is 1. The van der Waals surface area contributed by atoms with Gasteiger partial charge in [-0.25, -0.2) is 0 Å². The molecule has 1 amide bonds. The minimum atomic E-state index is -4.75.